The molecule has 0 radical (unpaired) electrons. The fraction of sp³-hybridized carbons (Fsp3) is 0.560. The van der Waals surface area contributed by atoms with Crippen molar-refractivity contribution in [3.8, 4) is 6.01 Å². The molecule has 1 fully saturated rings. The molecule has 2 atom stereocenters. The van der Waals surface area contributed by atoms with Crippen LogP contribution < -0.4 is 15.4 Å². The van der Waals surface area contributed by atoms with Crippen molar-refractivity contribution in [3.63, 3.8) is 0 Å². The molecule has 7 nitrogen and oxygen atoms in total. The SMILES string of the molecule is CCCCOc1nc(N)c2c(n1)N(Cc1cccc(CN3C(C)CCC3C)c1)CC(=O)C2. The number of rotatable bonds is 8. The van der Waals surface area contributed by atoms with E-state index in [0.717, 1.165) is 30.8 Å². The summed E-state index contributed by atoms with van der Waals surface area (Å²) in [6, 6.07) is 10.2. The average Bonchev–Trinajstić information content (AvgIpc) is 3.07. The Labute approximate surface area is 191 Å². The molecule has 0 saturated carbocycles. The van der Waals surface area contributed by atoms with Crippen molar-refractivity contribution in [1.82, 2.24) is 14.9 Å². The summed E-state index contributed by atoms with van der Waals surface area (Å²) < 4.78 is 5.71. The number of nitrogen functional groups attached to an aromatic ring is 1. The number of aromatic nitrogens is 2. The third-order valence-corrected chi connectivity index (χ3v) is 6.63. The quantitative estimate of drug-likeness (QED) is 0.630. The van der Waals surface area contributed by atoms with Crippen LogP contribution in [0.4, 0.5) is 11.6 Å². The number of benzene rings is 1. The highest BCUT2D eigenvalue weighted by molar-refractivity contribution is 5.91. The van der Waals surface area contributed by atoms with Gasteiger partial charge in [0.25, 0.3) is 0 Å². The van der Waals surface area contributed by atoms with E-state index in [0.29, 0.717) is 49.2 Å². The molecular formula is C25H35N5O2. The van der Waals surface area contributed by atoms with E-state index in [1.807, 2.05) is 4.90 Å². The number of nitrogens with two attached hydrogens (primary N) is 1. The molecule has 2 aliphatic heterocycles. The normalized spacial score (nSPS) is 21.1. The number of ketones is 1. The van der Waals surface area contributed by atoms with Crippen molar-refractivity contribution in [3.05, 3.63) is 41.0 Å². The second kappa shape index (κ2) is 9.86. The third kappa shape index (κ3) is 5.04. The van der Waals surface area contributed by atoms with Crippen LogP contribution in [-0.4, -0.2) is 45.9 Å². The summed E-state index contributed by atoms with van der Waals surface area (Å²) in [6.07, 6.45) is 4.77. The highest BCUT2D eigenvalue weighted by Gasteiger charge is 2.29. The molecule has 3 heterocycles. The van der Waals surface area contributed by atoms with E-state index < -0.39 is 0 Å². The Balaban J connectivity index is 1.54. The number of fused-ring (bicyclic) bond motifs is 1. The van der Waals surface area contributed by atoms with Gasteiger partial charge in [-0.2, -0.15) is 9.97 Å². The van der Waals surface area contributed by atoms with Crippen LogP contribution in [0.25, 0.3) is 0 Å². The monoisotopic (exact) mass is 437 g/mol. The summed E-state index contributed by atoms with van der Waals surface area (Å²) >= 11 is 0. The largest absolute Gasteiger partial charge is 0.463 e. The summed E-state index contributed by atoms with van der Waals surface area (Å²) in [5, 5.41) is 0. The Morgan fingerprint density at radius 3 is 2.56 bits per heavy atom. The minimum Gasteiger partial charge on any atom is -0.463 e. The summed E-state index contributed by atoms with van der Waals surface area (Å²) in [6.45, 7) is 9.17. The molecule has 0 bridgehead atoms. The van der Waals surface area contributed by atoms with Crippen LogP contribution in [0, 0.1) is 0 Å². The zero-order valence-electron chi connectivity index (χ0n) is 19.5. The van der Waals surface area contributed by atoms with E-state index in [1.54, 1.807) is 0 Å². The molecule has 172 valence electrons. The van der Waals surface area contributed by atoms with E-state index in [9.17, 15) is 4.79 Å². The van der Waals surface area contributed by atoms with Gasteiger partial charge in [-0.15, -0.1) is 0 Å². The van der Waals surface area contributed by atoms with Gasteiger partial charge in [-0.05, 0) is 44.2 Å². The van der Waals surface area contributed by atoms with Gasteiger partial charge in [-0.25, -0.2) is 0 Å². The molecule has 0 aliphatic carbocycles. The van der Waals surface area contributed by atoms with Gasteiger partial charge in [0, 0.05) is 37.2 Å². The maximum Gasteiger partial charge on any atom is 0.320 e. The molecule has 1 aromatic heterocycles. The van der Waals surface area contributed by atoms with Crippen LogP contribution in [0.3, 0.4) is 0 Å². The van der Waals surface area contributed by atoms with E-state index in [2.05, 4.69) is 59.9 Å². The van der Waals surface area contributed by atoms with Crippen LogP contribution in [0.1, 0.15) is 63.1 Å². The highest BCUT2D eigenvalue weighted by Crippen LogP contribution is 2.31. The van der Waals surface area contributed by atoms with Gasteiger partial charge >= 0.3 is 6.01 Å². The van der Waals surface area contributed by atoms with E-state index in [4.69, 9.17) is 10.5 Å². The zero-order valence-corrected chi connectivity index (χ0v) is 19.5. The fourth-order valence-electron chi connectivity index (χ4n) is 4.76. The predicted octanol–water partition coefficient (Wildman–Crippen LogP) is 3.74. The molecular weight excluding hydrogens is 402 g/mol. The number of carbonyl (C=O) groups excluding carboxylic acids is 1. The summed E-state index contributed by atoms with van der Waals surface area (Å²) in [5.41, 5.74) is 9.36. The van der Waals surface area contributed by atoms with Crippen molar-refractivity contribution in [2.75, 3.05) is 23.8 Å². The number of likely N-dealkylation sites (tertiary alicyclic amines) is 1. The van der Waals surface area contributed by atoms with Gasteiger partial charge in [0.15, 0.2) is 5.78 Å². The lowest BCUT2D eigenvalue weighted by molar-refractivity contribution is -0.117. The number of hydrogen-bond acceptors (Lipinski definition) is 7. The topological polar surface area (TPSA) is 84.6 Å². The molecule has 2 unspecified atom stereocenters. The van der Waals surface area contributed by atoms with Crippen molar-refractivity contribution < 1.29 is 9.53 Å². The maximum atomic E-state index is 12.5. The van der Waals surface area contributed by atoms with Crippen LogP contribution >= 0.6 is 0 Å². The molecule has 0 amide bonds. The lowest BCUT2D eigenvalue weighted by atomic mass is 10.0. The predicted molar refractivity (Wildman–Crippen MR) is 127 cm³/mol. The van der Waals surface area contributed by atoms with Crippen molar-refractivity contribution in [1.29, 1.82) is 0 Å². The Morgan fingerprint density at radius 2 is 1.84 bits per heavy atom. The van der Waals surface area contributed by atoms with Crippen LogP contribution in [0.2, 0.25) is 0 Å². The smallest absolute Gasteiger partial charge is 0.320 e. The first kappa shape index (κ1) is 22.5. The van der Waals surface area contributed by atoms with E-state index >= 15 is 0 Å². The number of unbranched alkanes of at least 4 members (excludes halogenated alkanes) is 1. The molecule has 32 heavy (non-hydrogen) atoms. The molecule has 7 heteroatoms. The minimum absolute atomic E-state index is 0.128. The Hall–Kier alpha value is -2.67. The van der Waals surface area contributed by atoms with Crippen LogP contribution in [-0.2, 0) is 24.3 Å². The highest BCUT2D eigenvalue weighted by atomic mass is 16.5. The number of anilines is 2. The molecule has 2 aliphatic rings. The molecule has 2 aromatic rings. The first-order chi connectivity index (χ1) is 15.4. The molecule has 1 aromatic carbocycles. The average molecular weight is 438 g/mol. The van der Waals surface area contributed by atoms with Gasteiger partial charge in [0.05, 0.1) is 13.2 Å². The van der Waals surface area contributed by atoms with E-state index in [1.165, 1.54) is 18.4 Å². The fourth-order valence-corrected chi connectivity index (χ4v) is 4.76. The lowest BCUT2D eigenvalue weighted by Gasteiger charge is -2.30. The van der Waals surface area contributed by atoms with Gasteiger partial charge < -0.3 is 15.4 Å². The Bertz CT molecular complexity index is 953. The van der Waals surface area contributed by atoms with Crippen molar-refractivity contribution in [2.24, 2.45) is 0 Å². The Kier molecular flexibility index (Phi) is 6.94. The molecule has 1 saturated heterocycles. The van der Waals surface area contributed by atoms with Crippen LogP contribution in [0.15, 0.2) is 24.3 Å². The summed E-state index contributed by atoms with van der Waals surface area (Å²) in [4.78, 5) is 26.0. The van der Waals surface area contributed by atoms with E-state index in [-0.39, 0.29) is 12.2 Å². The number of ether oxygens (including phenoxy) is 1. The lowest BCUT2D eigenvalue weighted by Crippen LogP contribution is -2.37. The van der Waals surface area contributed by atoms with Gasteiger partial charge in [-0.3, -0.25) is 9.69 Å². The number of hydrogen-bond donors (Lipinski definition) is 1. The standard InChI is InChI=1S/C25H35N5O2/c1-4-5-11-32-25-27-23(26)22-13-21(31)16-29(24(22)28-25)14-19-7-6-8-20(12-19)15-30-17(2)9-10-18(30)3/h6-8,12,17-18H,4-5,9-11,13-16H2,1-3H3,(H2,26,27,28). The van der Waals surface area contributed by atoms with Crippen molar-refractivity contribution >= 4 is 17.4 Å². The van der Waals surface area contributed by atoms with Gasteiger partial charge in [0.2, 0.25) is 0 Å². The first-order valence-corrected chi connectivity index (χ1v) is 11.8. The third-order valence-electron chi connectivity index (χ3n) is 6.63. The van der Waals surface area contributed by atoms with Crippen LogP contribution in [0.5, 0.6) is 6.01 Å². The minimum atomic E-state index is 0.128. The first-order valence-electron chi connectivity index (χ1n) is 11.8. The number of Topliss-reactive ketones (excluding diaryl/α,β-unsaturated/α-hetero) is 1. The number of nitrogens with zero attached hydrogens (tertiary/aromatic N) is 4. The van der Waals surface area contributed by atoms with Gasteiger partial charge in [0.1, 0.15) is 11.6 Å². The summed E-state index contributed by atoms with van der Waals surface area (Å²) in [5.74, 6) is 1.18. The number of carbonyl (C=O) groups is 1. The maximum absolute atomic E-state index is 12.5. The zero-order chi connectivity index (χ0) is 22.7. The summed E-state index contributed by atoms with van der Waals surface area (Å²) in [7, 11) is 0. The second-order valence-corrected chi connectivity index (χ2v) is 9.23. The molecule has 2 N–H and O–H groups in total. The van der Waals surface area contributed by atoms with Crippen molar-refractivity contribution in [2.45, 2.75) is 78.0 Å². The molecule has 0 spiro atoms. The Morgan fingerprint density at radius 1 is 1.12 bits per heavy atom. The second-order valence-electron chi connectivity index (χ2n) is 9.23. The molecule has 4 rings (SSSR count). The van der Waals surface area contributed by atoms with Gasteiger partial charge in [-0.1, -0.05) is 37.6 Å².